The molecule has 4 nitrogen and oxygen atoms in total. The maximum atomic E-state index is 13.2. The predicted octanol–water partition coefficient (Wildman–Crippen LogP) is 1.31. The Morgan fingerprint density at radius 2 is 1.89 bits per heavy atom. The average Bonchev–Trinajstić information content (AvgIpc) is 2.81. The van der Waals surface area contributed by atoms with Gasteiger partial charge in [-0.2, -0.15) is 5.90 Å². The highest BCUT2D eigenvalue weighted by atomic mass is 19.2. The van der Waals surface area contributed by atoms with E-state index in [1.807, 2.05) is 0 Å². The van der Waals surface area contributed by atoms with Gasteiger partial charge in [-0.3, -0.25) is 9.80 Å². The molecule has 0 unspecified atom stereocenters. The molecule has 0 spiro atoms. The highest BCUT2D eigenvalue weighted by Crippen LogP contribution is 2.24. The Morgan fingerprint density at radius 1 is 1.22 bits per heavy atom. The van der Waals surface area contributed by atoms with Crippen LogP contribution in [0.2, 0.25) is 0 Å². The third-order valence-corrected chi connectivity index (χ3v) is 3.20. The van der Waals surface area contributed by atoms with Crippen LogP contribution >= 0.6 is 0 Å². The van der Waals surface area contributed by atoms with Gasteiger partial charge in [-0.05, 0) is 12.6 Å². The molecule has 18 heavy (non-hydrogen) atoms. The lowest BCUT2D eigenvalue weighted by molar-refractivity contribution is 0.242. The molecule has 1 fully saturated rings. The van der Waals surface area contributed by atoms with Gasteiger partial charge in [0, 0.05) is 31.3 Å². The van der Waals surface area contributed by atoms with Crippen LogP contribution in [0.1, 0.15) is 12.5 Å². The lowest BCUT2D eigenvalue weighted by atomic mass is 10.2. The molecule has 1 aromatic carbocycles. The van der Waals surface area contributed by atoms with E-state index < -0.39 is 11.6 Å². The minimum absolute atomic E-state index is 0.184. The van der Waals surface area contributed by atoms with E-state index in [-0.39, 0.29) is 5.75 Å². The fourth-order valence-corrected chi connectivity index (χ4v) is 2.14. The van der Waals surface area contributed by atoms with Crippen molar-refractivity contribution in [1.29, 1.82) is 0 Å². The standard InChI is InChI=1S/C12H17F2N3O/c1-2-16-3-4-17(8-16)7-9-5-10(13)11(14)6-12(9)18-15/h5-6H,2-4,7-8,15H2,1H3. The molecule has 2 N–H and O–H groups in total. The van der Waals surface area contributed by atoms with Gasteiger partial charge in [0.15, 0.2) is 17.4 Å². The molecule has 1 aliphatic heterocycles. The van der Waals surface area contributed by atoms with E-state index in [2.05, 4.69) is 21.6 Å². The van der Waals surface area contributed by atoms with E-state index in [0.717, 1.165) is 38.4 Å². The molecule has 0 radical (unpaired) electrons. The normalized spacial score (nSPS) is 17.3. The van der Waals surface area contributed by atoms with Crippen molar-refractivity contribution in [1.82, 2.24) is 9.80 Å². The molecule has 0 aliphatic carbocycles. The second-order valence-corrected chi connectivity index (χ2v) is 4.40. The van der Waals surface area contributed by atoms with Crippen LogP contribution in [0.15, 0.2) is 12.1 Å². The summed E-state index contributed by atoms with van der Waals surface area (Å²) < 4.78 is 26.3. The smallest absolute Gasteiger partial charge is 0.162 e. The molecule has 1 saturated heterocycles. The van der Waals surface area contributed by atoms with E-state index in [9.17, 15) is 8.78 Å². The molecule has 0 amide bonds. The van der Waals surface area contributed by atoms with Gasteiger partial charge in [-0.1, -0.05) is 6.92 Å². The molecule has 6 heteroatoms. The van der Waals surface area contributed by atoms with Crippen LogP contribution in [-0.2, 0) is 6.54 Å². The SMILES string of the molecule is CCN1CCN(Cc2cc(F)c(F)cc2ON)C1. The minimum atomic E-state index is -0.948. The molecule has 100 valence electrons. The molecule has 1 aromatic rings. The average molecular weight is 257 g/mol. The zero-order valence-corrected chi connectivity index (χ0v) is 10.3. The van der Waals surface area contributed by atoms with Crippen LogP contribution in [-0.4, -0.2) is 36.1 Å². The van der Waals surface area contributed by atoms with Crippen molar-refractivity contribution in [2.24, 2.45) is 5.90 Å². The van der Waals surface area contributed by atoms with Crippen molar-refractivity contribution >= 4 is 0 Å². The Kier molecular flexibility index (Phi) is 4.11. The number of hydrogen-bond donors (Lipinski definition) is 1. The zero-order chi connectivity index (χ0) is 13.1. The number of hydrogen-bond acceptors (Lipinski definition) is 4. The Hall–Kier alpha value is -1.24. The van der Waals surface area contributed by atoms with Gasteiger partial charge in [0.25, 0.3) is 0 Å². The van der Waals surface area contributed by atoms with Gasteiger partial charge in [0.1, 0.15) is 0 Å². The summed E-state index contributed by atoms with van der Waals surface area (Å²) in [5.74, 6) is 3.44. The van der Waals surface area contributed by atoms with Crippen molar-refractivity contribution in [3.8, 4) is 5.75 Å². The Morgan fingerprint density at radius 3 is 2.50 bits per heavy atom. The summed E-state index contributed by atoms with van der Waals surface area (Å²) >= 11 is 0. The van der Waals surface area contributed by atoms with Crippen LogP contribution in [0.3, 0.4) is 0 Å². The van der Waals surface area contributed by atoms with Gasteiger partial charge in [0.05, 0.1) is 6.67 Å². The summed E-state index contributed by atoms with van der Waals surface area (Å²) in [6.07, 6.45) is 0. The molecule has 1 aliphatic rings. The molecular formula is C12H17F2N3O. The summed E-state index contributed by atoms with van der Waals surface area (Å²) in [6.45, 7) is 6.28. The van der Waals surface area contributed by atoms with Gasteiger partial charge in [-0.25, -0.2) is 8.78 Å². The third-order valence-electron chi connectivity index (χ3n) is 3.20. The largest absolute Gasteiger partial charge is 0.411 e. The van der Waals surface area contributed by atoms with Crippen LogP contribution in [0.25, 0.3) is 0 Å². The van der Waals surface area contributed by atoms with Crippen molar-refractivity contribution in [3.63, 3.8) is 0 Å². The van der Waals surface area contributed by atoms with E-state index in [1.165, 1.54) is 0 Å². The van der Waals surface area contributed by atoms with Crippen molar-refractivity contribution < 1.29 is 13.6 Å². The number of benzene rings is 1. The van der Waals surface area contributed by atoms with Crippen molar-refractivity contribution in [2.75, 3.05) is 26.3 Å². The van der Waals surface area contributed by atoms with Crippen LogP contribution in [0, 0.1) is 11.6 Å². The Labute approximate surface area is 105 Å². The van der Waals surface area contributed by atoms with E-state index >= 15 is 0 Å². The summed E-state index contributed by atoms with van der Waals surface area (Å²) in [4.78, 5) is 9.00. The number of likely N-dealkylation sites (N-methyl/N-ethyl adjacent to an activating group) is 1. The first kappa shape index (κ1) is 13.2. The van der Waals surface area contributed by atoms with E-state index in [0.29, 0.717) is 12.1 Å². The van der Waals surface area contributed by atoms with E-state index in [1.54, 1.807) is 0 Å². The maximum Gasteiger partial charge on any atom is 0.162 e. The highest BCUT2D eigenvalue weighted by Gasteiger charge is 2.20. The number of nitrogens with two attached hydrogens (primary N) is 1. The first-order valence-corrected chi connectivity index (χ1v) is 5.93. The summed E-state index contributed by atoms with van der Waals surface area (Å²) in [5, 5.41) is 0. The van der Waals surface area contributed by atoms with Crippen molar-refractivity contribution in [3.05, 3.63) is 29.3 Å². The van der Waals surface area contributed by atoms with Gasteiger partial charge >= 0.3 is 0 Å². The quantitative estimate of drug-likeness (QED) is 0.826. The van der Waals surface area contributed by atoms with Gasteiger partial charge in [0.2, 0.25) is 0 Å². The second kappa shape index (κ2) is 5.60. The first-order valence-electron chi connectivity index (χ1n) is 5.93. The Balaban J connectivity index is 2.11. The molecule has 0 atom stereocenters. The number of halogens is 2. The molecule has 2 rings (SSSR count). The first-order chi connectivity index (χ1) is 8.63. The molecule has 0 saturated carbocycles. The number of nitrogens with zero attached hydrogens (tertiary/aromatic N) is 2. The van der Waals surface area contributed by atoms with Gasteiger partial charge in [-0.15, -0.1) is 0 Å². The summed E-state index contributed by atoms with van der Waals surface area (Å²) in [6, 6.07) is 2.13. The lowest BCUT2D eigenvalue weighted by Crippen LogP contribution is -2.25. The minimum Gasteiger partial charge on any atom is -0.411 e. The lowest BCUT2D eigenvalue weighted by Gasteiger charge is -2.18. The third kappa shape index (κ3) is 2.77. The Bertz CT molecular complexity index is 428. The second-order valence-electron chi connectivity index (χ2n) is 4.40. The zero-order valence-electron chi connectivity index (χ0n) is 10.3. The van der Waals surface area contributed by atoms with Crippen LogP contribution in [0.5, 0.6) is 5.75 Å². The number of rotatable bonds is 4. The summed E-state index contributed by atoms with van der Waals surface area (Å²) in [7, 11) is 0. The van der Waals surface area contributed by atoms with Gasteiger partial charge < -0.3 is 4.84 Å². The fourth-order valence-electron chi connectivity index (χ4n) is 2.14. The van der Waals surface area contributed by atoms with E-state index in [4.69, 9.17) is 5.90 Å². The van der Waals surface area contributed by atoms with Crippen LogP contribution in [0.4, 0.5) is 8.78 Å². The molecule has 0 aromatic heterocycles. The fraction of sp³-hybridized carbons (Fsp3) is 0.500. The molecule has 1 heterocycles. The predicted molar refractivity (Wildman–Crippen MR) is 63.7 cm³/mol. The molecule has 0 bridgehead atoms. The van der Waals surface area contributed by atoms with Crippen molar-refractivity contribution in [2.45, 2.75) is 13.5 Å². The molecular weight excluding hydrogens is 240 g/mol. The highest BCUT2D eigenvalue weighted by molar-refractivity contribution is 5.34. The van der Waals surface area contributed by atoms with Crippen LogP contribution < -0.4 is 10.7 Å². The summed E-state index contributed by atoms with van der Waals surface area (Å²) in [5.41, 5.74) is 0.564. The maximum absolute atomic E-state index is 13.2. The topological polar surface area (TPSA) is 41.7 Å². The monoisotopic (exact) mass is 257 g/mol.